The van der Waals surface area contributed by atoms with Crippen LogP contribution >= 0.6 is 0 Å². The van der Waals surface area contributed by atoms with Gasteiger partial charge in [-0.05, 0) is 80.4 Å². The molecule has 3 rings (SSSR count). The lowest BCUT2D eigenvalue weighted by atomic mass is 10.1. The Morgan fingerprint density at radius 2 is 1.52 bits per heavy atom. The zero-order valence-corrected chi connectivity index (χ0v) is 18.8. The lowest BCUT2D eigenvalue weighted by Gasteiger charge is -2.28. The molecule has 1 unspecified atom stereocenters. The molecule has 3 aromatic carbocycles. The third-order valence-corrected chi connectivity index (χ3v) is 6.18. The summed E-state index contributed by atoms with van der Waals surface area (Å²) in [5.74, 6) is 0.913. The molecule has 0 spiro atoms. The average molecular weight is 439 g/mol. The van der Waals surface area contributed by atoms with E-state index >= 15 is 0 Å². The van der Waals surface area contributed by atoms with Gasteiger partial charge in [-0.25, -0.2) is 8.42 Å². The molecule has 0 aliphatic rings. The molecule has 7 heteroatoms. The summed E-state index contributed by atoms with van der Waals surface area (Å²) < 4.78 is 31.8. The fourth-order valence-electron chi connectivity index (χ4n) is 3.15. The van der Waals surface area contributed by atoms with Gasteiger partial charge in [-0.1, -0.05) is 24.3 Å². The molecule has 0 fully saturated rings. The maximum absolute atomic E-state index is 12.9. The number of hydrogen-bond donors (Lipinski definition) is 1. The molecule has 0 saturated carbocycles. The van der Waals surface area contributed by atoms with Crippen molar-refractivity contribution in [3.63, 3.8) is 0 Å². The molecular formula is C24H26N2O4S. The van der Waals surface area contributed by atoms with Crippen molar-refractivity contribution >= 4 is 27.3 Å². The van der Waals surface area contributed by atoms with E-state index in [9.17, 15) is 13.2 Å². The molecule has 3 aromatic rings. The first-order valence-electron chi connectivity index (χ1n) is 9.85. The summed E-state index contributed by atoms with van der Waals surface area (Å²) in [5.41, 5.74) is 3.01. The summed E-state index contributed by atoms with van der Waals surface area (Å²) in [5, 5.41) is 2.78. The Kier molecular flexibility index (Phi) is 6.65. The Labute approximate surface area is 183 Å². The van der Waals surface area contributed by atoms with Crippen molar-refractivity contribution < 1.29 is 17.9 Å². The predicted octanol–water partition coefficient (Wildman–Crippen LogP) is 4.89. The molecule has 0 aromatic heterocycles. The quantitative estimate of drug-likeness (QED) is 0.570. The van der Waals surface area contributed by atoms with Gasteiger partial charge in [0, 0.05) is 5.69 Å². The summed E-state index contributed by atoms with van der Waals surface area (Å²) in [6.45, 7) is 5.42. The van der Waals surface area contributed by atoms with Gasteiger partial charge < -0.3 is 10.1 Å². The fourth-order valence-corrected chi connectivity index (χ4v) is 4.32. The number of sulfonamides is 1. The van der Waals surface area contributed by atoms with E-state index in [0.29, 0.717) is 22.9 Å². The topological polar surface area (TPSA) is 75.7 Å². The highest BCUT2D eigenvalue weighted by Gasteiger charge is 2.29. The Morgan fingerprint density at radius 3 is 2.10 bits per heavy atom. The molecule has 0 aliphatic carbocycles. The summed E-state index contributed by atoms with van der Waals surface area (Å²) in [6.07, 6.45) is 1.10. The number of carbonyl (C=O) groups is 1. The van der Waals surface area contributed by atoms with E-state index in [4.69, 9.17) is 4.74 Å². The molecule has 0 bridgehead atoms. The normalized spacial score (nSPS) is 12.1. The van der Waals surface area contributed by atoms with Crippen LogP contribution < -0.4 is 14.4 Å². The number of aryl methyl sites for hydroxylation is 2. The van der Waals surface area contributed by atoms with Crippen molar-refractivity contribution in [2.24, 2.45) is 0 Å². The van der Waals surface area contributed by atoms with Crippen molar-refractivity contribution in [2.45, 2.75) is 26.8 Å². The Hall–Kier alpha value is -3.32. The number of amides is 1. The molecule has 1 atom stereocenters. The van der Waals surface area contributed by atoms with Crippen LogP contribution in [0, 0.1) is 13.8 Å². The molecule has 162 valence electrons. The van der Waals surface area contributed by atoms with Crippen LogP contribution in [0.25, 0.3) is 0 Å². The van der Waals surface area contributed by atoms with Gasteiger partial charge in [-0.15, -0.1) is 0 Å². The van der Waals surface area contributed by atoms with Crippen LogP contribution in [0.5, 0.6) is 11.5 Å². The van der Waals surface area contributed by atoms with Gasteiger partial charge in [0.05, 0.1) is 11.9 Å². The number of anilines is 2. The number of nitrogens with zero attached hydrogens (tertiary/aromatic N) is 1. The van der Waals surface area contributed by atoms with Gasteiger partial charge in [-0.2, -0.15) is 0 Å². The summed E-state index contributed by atoms with van der Waals surface area (Å²) in [6, 6.07) is 20.7. The largest absolute Gasteiger partial charge is 0.457 e. The van der Waals surface area contributed by atoms with E-state index < -0.39 is 22.0 Å². The first kappa shape index (κ1) is 22.4. The number of rotatable bonds is 7. The molecule has 31 heavy (non-hydrogen) atoms. The molecule has 6 nitrogen and oxygen atoms in total. The van der Waals surface area contributed by atoms with Crippen LogP contribution in [0.4, 0.5) is 11.4 Å². The van der Waals surface area contributed by atoms with Crippen molar-refractivity contribution in [1.29, 1.82) is 0 Å². The maximum Gasteiger partial charge on any atom is 0.247 e. The lowest BCUT2D eigenvalue weighted by Crippen LogP contribution is -2.45. The van der Waals surface area contributed by atoms with E-state index in [-0.39, 0.29) is 0 Å². The van der Waals surface area contributed by atoms with E-state index in [2.05, 4.69) is 5.32 Å². The standard InChI is InChI=1S/C24H26N2O4S/c1-17-10-13-21(16-18(17)2)26(31(4,28)29)19(3)24(27)25-20-11-14-23(15-12-20)30-22-8-6-5-7-9-22/h5-16,19H,1-4H3,(H,25,27). The molecule has 0 saturated heterocycles. The van der Waals surface area contributed by atoms with Crippen molar-refractivity contribution in [3.05, 3.63) is 83.9 Å². The average Bonchev–Trinajstić information content (AvgIpc) is 2.72. The zero-order valence-electron chi connectivity index (χ0n) is 18.0. The summed E-state index contributed by atoms with van der Waals surface area (Å²) >= 11 is 0. The maximum atomic E-state index is 12.9. The predicted molar refractivity (Wildman–Crippen MR) is 124 cm³/mol. The van der Waals surface area contributed by atoms with Crippen LogP contribution in [0.2, 0.25) is 0 Å². The third kappa shape index (κ3) is 5.64. The van der Waals surface area contributed by atoms with Crippen LogP contribution in [0.3, 0.4) is 0 Å². The second-order valence-electron chi connectivity index (χ2n) is 7.43. The number of benzene rings is 3. The minimum absolute atomic E-state index is 0.430. The number of hydrogen-bond acceptors (Lipinski definition) is 4. The minimum Gasteiger partial charge on any atom is -0.457 e. The summed E-state index contributed by atoms with van der Waals surface area (Å²) in [7, 11) is -3.67. The van der Waals surface area contributed by atoms with Gasteiger partial charge in [0.25, 0.3) is 0 Å². The second kappa shape index (κ2) is 9.22. The van der Waals surface area contributed by atoms with Crippen LogP contribution in [-0.4, -0.2) is 26.6 Å². The highest BCUT2D eigenvalue weighted by Crippen LogP contribution is 2.25. The van der Waals surface area contributed by atoms with E-state index in [1.807, 2.05) is 50.2 Å². The summed E-state index contributed by atoms with van der Waals surface area (Å²) in [4.78, 5) is 12.9. The van der Waals surface area contributed by atoms with Gasteiger partial charge in [0.2, 0.25) is 15.9 Å². The van der Waals surface area contributed by atoms with Gasteiger partial charge in [-0.3, -0.25) is 9.10 Å². The number of nitrogens with one attached hydrogen (secondary N) is 1. The third-order valence-electron chi connectivity index (χ3n) is 4.93. The van der Waals surface area contributed by atoms with Gasteiger partial charge in [0.15, 0.2) is 0 Å². The highest BCUT2D eigenvalue weighted by molar-refractivity contribution is 7.92. The van der Waals surface area contributed by atoms with Gasteiger partial charge >= 0.3 is 0 Å². The van der Waals surface area contributed by atoms with Gasteiger partial charge in [0.1, 0.15) is 17.5 Å². The number of para-hydroxylation sites is 1. The molecule has 0 radical (unpaired) electrons. The lowest BCUT2D eigenvalue weighted by molar-refractivity contribution is -0.116. The molecule has 1 N–H and O–H groups in total. The van der Waals surface area contributed by atoms with Crippen LogP contribution in [0.15, 0.2) is 72.8 Å². The van der Waals surface area contributed by atoms with Crippen LogP contribution in [-0.2, 0) is 14.8 Å². The van der Waals surface area contributed by atoms with Crippen LogP contribution in [0.1, 0.15) is 18.1 Å². The minimum atomic E-state index is -3.67. The van der Waals surface area contributed by atoms with Crippen molar-refractivity contribution in [2.75, 3.05) is 15.9 Å². The Balaban J connectivity index is 1.75. The second-order valence-corrected chi connectivity index (χ2v) is 9.29. The smallest absolute Gasteiger partial charge is 0.247 e. The highest BCUT2D eigenvalue weighted by atomic mass is 32.2. The number of ether oxygens (including phenoxy) is 1. The zero-order chi connectivity index (χ0) is 22.6. The van der Waals surface area contributed by atoms with E-state index in [1.165, 1.54) is 0 Å². The molecular weight excluding hydrogens is 412 g/mol. The SMILES string of the molecule is Cc1ccc(N(C(C)C(=O)Nc2ccc(Oc3ccccc3)cc2)S(C)(=O)=O)cc1C. The molecule has 1 amide bonds. The monoisotopic (exact) mass is 438 g/mol. The Bertz CT molecular complexity index is 1160. The number of carbonyl (C=O) groups excluding carboxylic acids is 1. The molecule has 0 aliphatic heterocycles. The van der Waals surface area contributed by atoms with Crippen molar-refractivity contribution in [3.8, 4) is 11.5 Å². The first-order chi connectivity index (χ1) is 14.6. The van der Waals surface area contributed by atoms with E-state index in [0.717, 1.165) is 21.7 Å². The molecule has 0 heterocycles. The van der Waals surface area contributed by atoms with E-state index in [1.54, 1.807) is 43.3 Å². The van der Waals surface area contributed by atoms with Crippen molar-refractivity contribution in [1.82, 2.24) is 0 Å². The fraction of sp³-hybridized carbons (Fsp3) is 0.208. The first-order valence-corrected chi connectivity index (χ1v) is 11.7. The Morgan fingerprint density at radius 1 is 0.903 bits per heavy atom.